The van der Waals surface area contributed by atoms with Crippen LogP contribution < -0.4 is 4.72 Å². The Kier molecular flexibility index (Phi) is 6.48. The van der Waals surface area contributed by atoms with Crippen molar-refractivity contribution in [3.05, 3.63) is 41.2 Å². The molecule has 0 spiro atoms. The van der Waals surface area contributed by atoms with Gasteiger partial charge in [-0.1, -0.05) is 23.5 Å². The van der Waals surface area contributed by atoms with Crippen LogP contribution in [0.3, 0.4) is 0 Å². The van der Waals surface area contributed by atoms with Crippen molar-refractivity contribution >= 4 is 32.9 Å². The average Bonchev–Trinajstić information content (AvgIpc) is 3.26. The first-order chi connectivity index (χ1) is 17.5. The number of aromatic nitrogens is 4. The zero-order chi connectivity index (χ0) is 26.5. The number of nitrogens with one attached hydrogen (secondary N) is 1. The number of hydrogen-bond donors (Lipinski definition) is 1. The maximum Gasteiger partial charge on any atom is 0.320 e. The second kappa shape index (κ2) is 9.36. The predicted octanol–water partition coefficient (Wildman–Crippen LogP) is 3.56. The molecule has 2 amide bonds. The SMILES string of the molecule is CN(C)C(=O)N1CC=CCC1c1cc(S(=O)(=O)NC2(CF)CC2)cn2c(-c3nnc(C(F)F)s3)ncc12. The van der Waals surface area contributed by atoms with Crippen molar-refractivity contribution in [2.75, 3.05) is 27.3 Å². The number of urea groups is 1. The van der Waals surface area contributed by atoms with Crippen LogP contribution in [0, 0.1) is 0 Å². The molecule has 1 N–H and O–H groups in total. The van der Waals surface area contributed by atoms with E-state index in [9.17, 15) is 26.4 Å². The molecule has 0 aromatic carbocycles. The summed E-state index contributed by atoms with van der Waals surface area (Å²) >= 11 is 0.649. The molecular formula is C22H24F3N7O3S2. The lowest BCUT2D eigenvalue weighted by Gasteiger charge is -2.35. The molecule has 0 radical (unpaired) electrons. The van der Waals surface area contributed by atoms with Gasteiger partial charge in [-0.15, -0.1) is 10.2 Å². The lowest BCUT2D eigenvalue weighted by atomic mass is 9.99. The van der Waals surface area contributed by atoms with Gasteiger partial charge in [0.1, 0.15) is 6.67 Å². The molecule has 1 aliphatic carbocycles. The van der Waals surface area contributed by atoms with Gasteiger partial charge in [0.2, 0.25) is 10.0 Å². The number of pyridine rings is 1. The molecule has 1 atom stereocenters. The van der Waals surface area contributed by atoms with Gasteiger partial charge in [-0.3, -0.25) is 4.40 Å². The fourth-order valence-electron chi connectivity index (χ4n) is 4.27. The molecule has 2 aliphatic rings. The van der Waals surface area contributed by atoms with E-state index in [4.69, 9.17) is 0 Å². The Bertz CT molecular complexity index is 1480. The van der Waals surface area contributed by atoms with Gasteiger partial charge in [0.15, 0.2) is 15.8 Å². The summed E-state index contributed by atoms with van der Waals surface area (Å²) in [4.78, 5) is 20.2. The number of alkyl halides is 3. The summed E-state index contributed by atoms with van der Waals surface area (Å²) in [6.07, 6.45) is 4.90. The molecule has 1 unspecified atom stereocenters. The molecule has 3 aromatic rings. The van der Waals surface area contributed by atoms with E-state index in [0.717, 1.165) is 0 Å². The van der Waals surface area contributed by atoms with E-state index in [0.29, 0.717) is 48.2 Å². The highest BCUT2D eigenvalue weighted by Gasteiger charge is 2.46. The number of carbonyl (C=O) groups is 1. The maximum absolute atomic E-state index is 13.5. The number of halogens is 3. The van der Waals surface area contributed by atoms with Crippen LogP contribution in [0.25, 0.3) is 16.3 Å². The van der Waals surface area contributed by atoms with E-state index in [2.05, 4.69) is 19.9 Å². The highest BCUT2D eigenvalue weighted by atomic mass is 32.2. The fraction of sp³-hybridized carbons (Fsp3) is 0.455. The molecular weight excluding hydrogens is 531 g/mol. The van der Waals surface area contributed by atoms with E-state index in [1.165, 1.54) is 27.8 Å². The Balaban J connectivity index is 1.69. The van der Waals surface area contributed by atoms with Gasteiger partial charge in [-0.25, -0.2) is 36.1 Å². The van der Waals surface area contributed by atoms with Crippen LogP contribution in [0.4, 0.5) is 18.0 Å². The average molecular weight is 556 g/mol. The first-order valence-corrected chi connectivity index (χ1v) is 13.7. The Morgan fingerprint density at radius 3 is 2.68 bits per heavy atom. The van der Waals surface area contributed by atoms with Crippen LogP contribution in [0.5, 0.6) is 0 Å². The second-order valence-corrected chi connectivity index (χ2v) is 12.0. The summed E-state index contributed by atoms with van der Waals surface area (Å²) in [5, 5.41) is 6.92. The monoisotopic (exact) mass is 555 g/mol. The van der Waals surface area contributed by atoms with Crippen LogP contribution in [-0.2, 0) is 10.0 Å². The second-order valence-electron chi connectivity index (χ2n) is 9.29. The van der Waals surface area contributed by atoms with E-state index in [1.807, 2.05) is 12.2 Å². The Morgan fingerprint density at radius 1 is 1.30 bits per heavy atom. The Hall–Kier alpha value is -3.04. The van der Waals surface area contributed by atoms with Crippen molar-refractivity contribution in [1.29, 1.82) is 0 Å². The summed E-state index contributed by atoms with van der Waals surface area (Å²) in [5.74, 6) is 0.126. The molecule has 0 saturated heterocycles. The van der Waals surface area contributed by atoms with Crippen molar-refractivity contribution in [2.24, 2.45) is 0 Å². The van der Waals surface area contributed by atoms with Crippen molar-refractivity contribution in [3.8, 4) is 10.8 Å². The zero-order valence-electron chi connectivity index (χ0n) is 19.9. The van der Waals surface area contributed by atoms with Crippen LogP contribution in [-0.4, -0.2) is 76.7 Å². The zero-order valence-corrected chi connectivity index (χ0v) is 21.6. The number of fused-ring (bicyclic) bond motifs is 1. The molecule has 1 saturated carbocycles. The van der Waals surface area contributed by atoms with Crippen molar-refractivity contribution in [3.63, 3.8) is 0 Å². The molecule has 1 aliphatic heterocycles. The lowest BCUT2D eigenvalue weighted by molar-refractivity contribution is 0.150. The molecule has 3 aromatic heterocycles. The topological polar surface area (TPSA) is 113 Å². The molecule has 37 heavy (non-hydrogen) atoms. The standard InChI is InChI=1S/C22H24F3N7O3S2/c1-30(2)21(33)31-8-4-3-5-15(31)14-9-13(37(34,35)29-22(12-23)6-7-22)11-32-16(14)10-26-18(32)20-28-27-19(36-20)17(24)25/h3-4,9-11,15,17,29H,5-8,12H2,1-2H3. The minimum atomic E-state index is -4.18. The summed E-state index contributed by atoms with van der Waals surface area (Å²) in [7, 11) is -0.938. The van der Waals surface area contributed by atoms with Crippen molar-refractivity contribution in [1.82, 2.24) is 34.1 Å². The van der Waals surface area contributed by atoms with Gasteiger partial charge in [0.05, 0.1) is 28.2 Å². The molecule has 4 heterocycles. The minimum absolute atomic E-state index is 0.0796. The number of rotatable bonds is 7. The van der Waals surface area contributed by atoms with Gasteiger partial charge in [0.25, 0.3) is 6.43 Å². The summed E-state index contributed by atoms with van der Waals surface area (Å²) in [5.41, 5.74) is -0.159. The smallest absolute Gasteiger partial charge is 0.320 e. The minimum Gasteiger partial charge on any atom is -0.331 e. The quantitative estimate of drug-likeness (QED) is 0.446. The number of hydrogen-bond acceptors (Lipinski definition) is 7. The highest BCUT2D eigenvalue weighted by molar-refractivity contribution is 7.89. The number of sulfonamides is 1. The molecule has 10 nitrogen and oxygen atoms in total. The Morgan fingerprint density at radius 2 is 2.05 bits per heavy atom. The van der Waals surface area contributed by atoms with E-state index in [1.54, 1.807) is 19.0 Å². The third kappa shape index (κ3) is 4.70. The summed E-state index contributed by atoms with van der Waals surface area (Å²) in [6, 6.07) is 0.657. The van der Waals surface area contributed by atoms with E-state index < -0.39 is 39.7 Å². The third-order valence-corrected chi connectivity index (χ3v) is 8.90. The summed E-state index contributed by atoms with van der Waals surface area (Å²) < 4.78 is 70.5. The molecule has 1 fully saturated rings. The predicted molar refractivity (Wildman–Crippen MR) is 130 cm³/mol. The largest absolute Gasteiger partial charge is 0.331 e. The maximum atomic E-state index is 13.5. The van der Waals surface area contributed by atoms with Crippen molar-refractivity contribution in [2.45, 2.75) is 42.2 Å². The number of imidazole rings is 1. The number of amides is 2. The van der Waals surface area contributed by atoms with Crippen LogP contribution in [0.2, 0.25) is 0 Å². The first-order valence-electron chi connectivity index (χ1n) is 11.4. The molecule has 15 heteroatoms. The number of nitrogens with zero attached hydrogens (tertiary/aromatic N) is 6. The van der Waals surface area contributed by atoms with Crippen LogP contribution in [0.1, 0.15) is 42.3 Å². The van der Waals surface area contributed by atoms with Gasteiger partial charge >= 0.3 is 6.03 Å². The van der Waals surface area contributed by atoms with Crippen LogP contribution >= 0.6 is 11.3 Å². The van der Waals surface area contributed by atoms with Crippen molar-refractivity contribution < 1.29 is 26.4 Å². The van der Waals surface area contributed by atoms with Crippen LogP contribution in [0.15, 0.2) is 35.5 Å². The third-order valence-electron chi connectivity index (χ3n) is 6.43. The van der Waals surface area contributed by atoms with Gasteiger partial charge in [-0.05, 0) is 25.3 Å². The number of carbonyl (C=O) groups excluding carboxylic acids is 1. The Labute approximate surface area is 214 Å². The normalized spacial score (nSPS) is 19.1. The van der Waals surface area contributed by atoms with Gasteiger partial charge in [-0.2, -0.15) is 0 Å². The highest BCUT2D eigenvalue weighted by Crippen LogP contribution is 2.39. The fourth-order valence-corrected chi connectivity index (χ4v) is 6.44. The van der Waals surface area contributed by atoms with E-state index in [-0.39, 0.29) is 21.8 Å². The molecule has 0 bridgehead atoms. The molecule has 198 valence electrons. The van der Waals surface area contributed by atoms with Gasteiger partial charge in [0, 0.05) is 32.4 Å². The molecule has 5 rings (SSSR count). The first kappa shape index (κ1) is 25.6. The van der Waals surface area contributed by atoms with Gasteiger partial charge < -0.3 is 9.80 Å². The summed E-state index contributed by atoms with van der Waals surface area (Å²) in [6.45, 7) is -0.527. The lowest BCUT2D eigenvalue weighted by Crippen LogP contribution is -2.43. The van der Waals surface area contributed by atoms with E-state index >= 15 is 0 Å².